The number of phenols is 1. The molecule has 4 nitrogen and oxygen atoms in total. The van der Waals surface area contributed by atoms with Crippen molar-refractivity contribution in [2.75, 3.05) is 7.11 Å². The van der Waals surface area contributed by atoms with Crippen LogP contribution in [-0.4, -0.2) is 18.1 Å². The maximum Gasteiger partial charge on any atom is 0.254 e. The Hall–Kier alpha value is -1.72. The van der Waals surface area contributed by atoms with E-state index in [1.807, 2.05) is 0 Å². The summed E-state index contributed by atoms with van der Waals surface area (Å²) in [4.78, 5) is 12.2. The standard InChI is InChI=1S/C15H13BrClNO3/c1-21-13-6-5-9(7-12(13)19)8-18-15(20)14-10(16)3-2-4-11(14)17/h2-7,19H,8H2,1H3,(H,18,20). The van der Waals surface area contributed by atoms with Gasteiger partial charge in [-0.25, -0.2) is 0 Å². The largest absolute Gasteiger partial charge is 0.504 e. The van der Waals surface area contributed by atoms with E-state index in [-0.39, 0.29) is 18.2 Å². The van der Waals surface area contributed by atoms with Crippen molar-refractivity contribution in [2.45, 2.75) is 6.54 Å². The fourth-order valence-corrected chi connectivity index (χ4v) is 2.75. The second-order valence-electron chi connectivity index (χ2n) is 4.29. The first kappa shape index (κ1) is 15.7. The first-order valence-electron chi connectivity index (χ1n) is 6.11. The predicted octanol–water partition coefficient (Wildman–Crippen LogP) is 3.75. The van der Waals surface area contributed by atoms with Crippen LogP contribution in [0.3, 0.4) is 0 Å². The number of ether oxygens (including phenoxy) is 1. The van der Waals surface area contributed by atoms with Gasteiger partial charge in [-0.05, 0) is 45.8 Å². The van der Waals surface area contributed by atoms with Gasteiger partial charge in [0, 0.05) is 11.0 Å². The lowest BCUT2D eigenvalue weighted by Gasteiger charge is -2.10. The first-order valence-corrected chi connectivity index (χ1v) is 7.28. The van der Waals surface area contributed by atoms with Gasteiger partial charge in [-0.15, -0.1) is 0 Å². The van der Waals surface area contributed by atoms with Gasteiger partial charge in [-0.2, -0.15) is 0 Å². The van der Waals surface area contributed by atoms with Gasteiger partial charge >= 0.3 is 0 Å². The summed E-state index contributed by atoms with van der Waals surface area (Å²) < 4.78 is 5.60. The molecule has 2 N–H and O–H groups in total. The van der Waals surface area contributed by atoms with E-state index in [0.29, 0.717) is 20.8 Å². The minimum absolute atomic E-state index is 0.0307. The molecule has 0 atom stereocenters. The van der Waals surface area contributed by atoms with Crippen molar-refractivity contribution in [2.24, 2.45) is 0 Å². The molecule has 2 aromatic rings. The quantitative estimate of drug-likeness (QED) is 0.862. The number of hydrogen-bond donors (Lipinski definition) is 2. The lowest BCUT2D eigenvalue weighted by molar-refractivity contribution is 0.0950. The Morgan fingerprint density at radius 1 is 1.38 bits per heavy atom. The van der Waals surface area contributed by atoms with Crippen molar-refractivity contribution in [1.29, 1.82) is 0 Å². The Labute approximate surface area is 135 Å². The molecule has 21 heavy (non-hydrogen) atoms. The molecule has 1 amide bonds. The van der Waals surface area contributed by atoms with Gasteiger partial charge in [0.1, 0.15) is 0 Å². The van der Waals surface area contributed by atoms with Crippen molar-refractivity contribution in [3.63, 3.8) is 0 Å². The average Bonchev–Trinajstić information content (AvgIpc) is 2.45. The molecule has 0 aromatic heterocycles. The summed E-state index contributed by atoms with van der Waals surface area (Å²) in [5.74, 6) is 0.130. The number of amides is 1. The molecule has 0 bridgehead atoms. The van der Waals surface area contributed by atoms with Gasteiger partial charge in [0.25, 0.3) is 5.91 Å². The second-order valence-corrected chi connectivity index (χ2v) is 5.55. The minimum Gasteiger partial charge on any atom is -0.504 e. The second kappa shape index (κ2) is 6.83. The van der Waals surface area contributed by atoms with Crippen LogP contribution in [0.5, 0.6) is 11.5 Å². The zero-order chi connectivity index (χ0) is 15.4. The third-order valence-electron chi connectivity index (χ3n) is 2.89. The summed E-state index contributed by atoms with van der Waals surface area (Å²) in [5.41, 5.74) is 1.14. The molecule has 0 unspecified atom stereocenters. The van der Waals surface area contributed by atoms with Gasteiger partial charge in [-0.1, -0.05) is 23.7 Å². The number of benzene rings is 2. The molecule has 2 rings (SSSR count). The van der Waals surface area contributed by atoms with Crippen molar-refractivity contribution in [1.82, 2.24) is 5.32 Å². The summed E-state index contributed by atoms with van der Waals surface area (Å²) in [7, 11) is 1.48. The topological polar surface area (TPSA) is 58.6 Å². The number of carbonyl (C=O) groups is 1. The molecule has 0 heterocycles. The Bertz CT molecular complexity index is 656. The van der Waals surface area contributed by atoms with Gasteiger partial charge < -0.3 is 15.2 Å². The molecule has 0 spiro atoms. The third kappa shape index (κ3) is 3.68. The highest BCUT2D eigenvalue weighted by molar-refractivity contribution is 9.10. The third-order valence-corrected chi connectivity index (χ3v) is 3.86. The molecule has 0 aliphatic rings. The van der Waals surface area contributed by atoms with Crippen molar-refractivity contribution in [3.05, 3.63) is 57.0 Å². The smallest absolute Gasteiger partial charge is 0.254 e. The maximum absolute atomic E-state index is 12.2. The van der Waals surface area contributed by atoms with Crippen LogP contribution >= 0.6 is 27.5 Å². The molecular weight excluding hydrogens is 358 g/mol. The molecule has 6 heteroatoms. The molecule has 2 aromatic carbocycles. The summed E-state index contributed by atoms with van der Waals surface area (Å²) in [6.07, 6.45) is 0. The summed E-state index contributed by atoms with van der Waals surface area (Å²) >= 11 is 9.33. The fourth-order valence-electron chi connectivity index (χ4n) is 1.83. The number of methoxy groups -OCH3 is 1. The van der Waals surface area contributed by atoms with E-state index in [9.17, 15) is 9.90 Å². The number of halogens is 2. The zero-order valence-electron chi connectivity index (χ0n) is 11.2. The molecule has 110 valence electrons. The zero-order valence-corrected chi connectivity index (χ0v) is 13.5. The van der Waals surface area contributed by atoms with E-state index in [1.165, 1.54) is 7.11 Å². The van der Waals surface area contributed by atoms with Crippen LogP contribution in [0.4, 0.5) is 0 Å². The monoisotopic (exact) mass is 369 g/mol. The molecule has 0 aliphatic carbocycles. The molecular formula is C15H13BrClNO3. The first-order chi connectivity index (χ1) is 10.0. The maximum atomic E-state index is 12.2. The number of nitrogens with one attached hydrogen (secondary N) is 1. The van der Waals surface area contributed by atoms with Crippen molar-refractivity contribution < 1.29 is 14.6 Å². The number of phenolic OH excluding ortho intramolecular Hbond substituents is 1. The van der Waals surface area contributed by atoms with Crippen LogP contribution < -0.4 is 10.1 Å². The SMILES string of the molecule is COc1ccc(CNC(=O)c2c(Cl)cccc2Br)cc1O. The van der Waals surface area contributed by atoms with Crippen LogP contribution in [-0.2, 0) is 6.54 Å². The van der Waals surface area contributed by atoms with Crippen molar-refractivity contribution in [3.8, 4) is 11.5 Å². The Morgan fingerprint density at radius 3 is 2.76 bits per heavy atom. The number of aromatic hydroxyl groups is 1. The van der Waals surface area contributed by atoms with E-state index < -0.39 is 0 Å². The normalized spacial score (nSPS) is 10.2. The van der Waals surface area contributed by atoms with Crippen LogP contribution in [0.25, 0.3) is 0 Å². The summed E-state index contributed by atoms with van der Waals surface area (Å²) in [5, 5.41) is 12.8. The fraction of sp³-hybridized carbons (Fsp3) is 0.133. The predicted molar refractivity (Wildman–Crippen MR) is 85.0 cm³/mol. The Morgan fingerprint density at radius 2 is 2.14 bits per heavy atom. The molecule has 0 fully saturated rings. The summed E-state index contributed by atoms with van der Waals surface area (Å²) in [6, 6.07) is 10.1. The van der Waals surface area contributed by atoms with Crippen LogP contribution in [0.2, 0.25) is 5.02 Å². The number of rotatable bonds is 4. The van der Waals surface area contributed by atoms with E-state index in [1.54, 1.807) is 36.4 Å². The van der Waals surface area contributed by atoms with E-state index in [0.717, 1.165) is 5.56 Å². The Kier molecular flexibility index (Phi) is 5.09. The van der Waals surface area contributed by atoms with Gasteiger partial charge in [0.05, 0.1) is 17.7 Å². The van der Waals surface area contributed by atoms with Gasteiger partial charge in [0.2, 0.25) is 0 Å². The van der Waals surface area contributed by atoms with Gasteiger partial charge in [-0.3, -0.25) is 4.79 Å². The summed E-state index contributed by atoms with van der Waals surface area (Å²) in [6.45, 7) is 0.272. The highest BCUT2D eigenvalue weighted by Gasteiger charge is 2.14. The van der Waals surface area contributed by atoms with E-state index >= 15 is 0 Å². The number of carbonyl (C=O) groups excluding carboxylic acids is 1. The average molecular weight is 371 g/mol. The Balaban J connectivity index is 2.09. The highest BCUT2D eigenvalue weighted by Crippen LogP contribution is 2.27. The lowest BCUT2D eigenvalue weighted by atomic mass is 10.1. The lowest BCUT2D eigenvalue weighted by Crippen LogP contribution is -2.23. The van der Waals surface area contributed by atoms with Gasteiger partial charge in [0.15, 0.2) is 11.5 Å². The minimum atomic E-state index is -0.289. The highest BCUT2D eigenvalue weighted by atomic mass is 79.9. The molecule has 0 aliphatic heterocycles. The van der Waals surface area contributed by atoms with Crippen LogP contribution in [0, 0.1) is 0 Å². The molecule has 0 saturated carbocycles. The van der Waals surface area contributed by atoms with E-state index in [4.69, 9.17) is 16.3 Å². The van der Waals surface area contributed by atoms with Crippen LogP contribution in [0.1, 0.15) is 15.9 Å². The molecule has 0 saturated heterocycles. The number of hydrogen-bond acceptors (Lipinski definition) is 3. The van der Waals surface area contributed by atoms with E-state index in [2.05, 4.69) is 21.2 Å². The van der Waals surface area contributed by atoms with Crippen LogP contribution in [0.15, 0.2) is 40.9 Å². The molecule has 0 radical (unpaired) electrons. The van der Waals surface area contributed by atoms with Crippen molar-refractivity contribution >= 4 is 33.4 Å².